The smallest absolute Gasteiger partial charge is 0.126 e. The third-order valence-corrected chi connectivity index (χ3v) is 4.19. The van der Waals surface area contributed by atoms with Crippen LogP contribution in [0, 0.1) is 0 Å². The minimum Gasteiger partial charge on any atom is -0.496 e. The van der Waals surface area contributed by atoms with Gasteiger partial charge in [-0.1, -0.05) is 48.5 Å². The first kappa shape index (κ1) is 15.5. The molecule has 116 valence electrons. The number of rotatable bonds is 4. The monoisotopic (exact) mass is 322 g/mol. The largest absolute Gasteiger partial charge is 0.496 e. The van der Waals surface area contributed by atoms with Crippen molar-refractivity contribution in [2.45, 2.75) is 4.90 Å². The molecule has 0 aromatic heterocycles. The summed E-state index contributed by atoms with van der Waals surface area (Å²) in [5, 5.41) is 0. The van der Waals surface area contributed by atoms with Crippen LogP contribution >= 0.6 is 12.6 Å². The Hall–Kier alpha value is -2.39. The highest BCUT2D eigenvalue weighted by Crippen LogP contribution is 2.43. The van der Waals surface area contributed by atoms with E-state index in [4.69, 9.17) is 9.47 Å². The highest BCUT2D eigenvalue weighted by atomic mass is 32.1. The lowest BCUT2D eigenvalue weighted by Crippen LogP contribution is -1.93. The normalized spacial score (nSPS) is 10.4. The molecule has 2 nitrogen and oxygen atoms in total. The zero-order valence-corrected chi connectivity index (χ0v) is 14.0. The van der Waals surface area contributed by atoms with Crippen LogP contribution in [0.15, 0.2) is 71.6 Å². The number of hydrogen-bond donors (Lipinski definition) is 1. The summed E-state index contributed by atoms with van der Waals surface area (Å²) in [4.78, 5) is 0.901. The molecule has 0 unspecified atom stereocenters. The van der Waals surface area contributed by atoms with Crippen molar-refractivity contribution >= 4 is 12.6 Å². The number of ether oxygens (including phenoxy) is 2. The highest BCUT2D eigenvalue weighted by molar-refractivity contribution is 7.80. The van der Waals surface area contributed by atoms with Crippen molar-refractivity contribution in [2.75, 3.05) is 14.2 Å². The Morgan fingerprint density at radius 1 is 0.609 bits per heavy atom. The first-order valence-electron chi connectivity index (χ1n) is 7.35. The SMILES string of the molecule is COc1ccccc1-c1cccc(S)c1-c1ccccc1OC. The molecule has 0 aliphatic rings. The molecule has 0 radical (unpaired) electrons. The van der Waals surface area contributed by atoms with E-state index in [1.54, 1.807) is 14.2 Å². The van der Waals surface area contributed by atoms with Gasteiger partial charge in [-0.05, 0) is 23.8 Å². The Kier molecular flexibility index (Phi) is 4.58. The molecule has 0 spiro atoms. The molecular weight excluding hydrogens is 304 g/mol. The van der Waals surface area contributed by atoms with Crippen molar-refractivity contribution in [1.82, 2.24) is 0 Å². The molecule has 0 saturated heterocycles. The Balaban J connectivity index is 2.30. The van der Waals surface area contributed by atoms with Crippen LogP contribution in [0.4, 0.5) is 0 Å². The number of methoxy groups -OCH3 is 2. The average molecular weight is 322 g/mol. The van der Waals surface area contributed by atoms with Gasteiger partial charge < -0.3 is 9.47 Å². The minimum atomic E-state index is 0.824. The van der Waals surface area contributed by atoms with Crippen molar-refractivity contribution in [3.8, 4) is 33.8 Å². The Bertz CT molecular complexity index is 827. The lowest BCUT2D eigenvalue weighted by Gasteiger charge is -2.17. The van der Waals surface area contributed by atoms with Crippen LogP contribution < -0.4 is 9.47 Å². The van der Waals surface area contributed by atoms with E-state index in [0.717, 1.165) is 38.6 Å². The first-order valence-corrected chi connectivity index (χ1v) is 7.79. The van der Waals surface area contributed by atoms with Gasteiger partial charge in [0.05, 0.1) is 14.2 Å². The van der Waals surface area contributed by atoms with Crippen LogP contribution in [0.1, 0.15) is 0 Å². The highest BCUT2D eigenvalue weighted by Gasteiger charge is 2.16. The zero-order valence-electron chi connectivity index (χ0n) is 13.1. The van der Waals surface area contributed by atoms with Gasteiger partial charge in [-0.3, -0.25) is 0 Å². The molecule has 0 heterocycles. The molecule has 3 heteroatoms. The molecule has 23 heavy (non-hydrogen) atoms. The van der Waals surface area contributed by atoms with Gasteiger partial charge >= 0.3 is 0 Å². The predicted octanol–water partition coefficient (Wildman–Crippen LogP) is 5.33. The van der Waals surface area contributed by atoms with E-state index in [9.17, 15) is 0 Å². The molecule has 0 aliphatic heterocycles. The van der Waals surface area contributed by atoms with Crippen LogP contribution in [0.5, 0.6) is 11.5 Å². The van der Waals surface area contributed by atoms with Gasteiger partial charge in [0.25, 0.3) is 0 Å². The molecule has 3 aromatic carbocycles. The molecule has 0 saturated carbocycles. The number of benzene rings is 3. The van der Waals surface area contributed by atoms with E-state index >= 15 is 0 Å². The van der Waals surface area contributed by atoms with Crippen LogP contribution in [0.2, 0.25) is 0 Å². The van der Waals surface area contributed by atoms with E-state index < -0.39 is 0 Å². The first-order chi connectivity index (χ1) is 11.3. The molecule has 0 aliphatic carbocycles. The molecule has 0 atom stereocenters. The number of hydrogen-bond acceptors (Lipinski definition) is 3. The standard InChI is InChI=1S/C20H18O2S/c1-21-17-11-5-3-8-14(17)15-10-7-13-19(23)20(15)16-9-4-6-12-18(16)22-2/h3-13,23H,1-2H3. The second-order valence-electron chi connectivity index (χ2n) is 5.10. The van der Waals surface area contributed by atoms with E-state index in [1.807, 2.05) is 54.6 Å². The van der Waals surface area contributed by atoms with Crippen molar-refractivity contribution in [3.05, 3.63) is 66.7 Å². The van der Waals surface area contributed by atoms with Gasteiger partial charge in [-0.15, -0.1) is 12.6 Å². The van der Waals surface area contributed by atoms with Crippen LogP contribution in [-0.4, -0.2) is 14.2 Å². The van der Waals surface area contributed by atoms with Gasteiger partial charge in [-0.25, -0.2) is 0 Å². The van der Waals surface area contributed by atoms with Crippen LogP contribution in [0.25, 0.3) is 22.3 Å². The van der Waals surface area contributed by atoms with Crippen LogP contribution in [0.3, 0.4) is 0 Å². The van der Waals surface area contributed by atoms with Crippen molar-refractivity contribution < 1.29 is 9.47 Å². The minimum absolute atomic E-state index is 0.824. The third-order valence-electron chi connectivity index (χ3n) is 3.82. The van der Waals surface area contributed by atoms with Crippen molar-refractivity contribution in [2.24, 2.45) is 0 Å². The lowest BCUT2D eigenvalue weighted by molar-refractivity contribution is 0.415. The van der Waals surface area contributed by atoms with Crippen molar-refractivity contribution in [3.63, 3.8) is 0 Å². The summed E-state index contributed by atoms with van der Waals surface area (Å²) < 4.78 is 11.1. The van der Waals surface area contributed by atoms with Gasteiger partial charge in [0, 0.05) is 21.6 Å². The lowest BCUT2D eigenvalue weighted by atomic mass is 9.93. The average Bonchev–Trinajstić information content (AvgIpc) is 2.61. The van der Waals surface area contributed by atoms with Gasteiger partial charge in [0.15, 0.2) is 0 Å². The molecular formula is C20H18O2S. The molecule has 0 bridgehead atoms. The maximum Gasteiger partial charge on any atom is 0.126 e. The molecule has 3 aromatic rings. The summed E-state index contributed by atoms with van der Waals surface area (Å²) in [5.74, 6) is 1.66. The third kappa shape index (κ3) is 2.92. The van der Waals surface area contributed by atoms with Gasteiger partial charge in [-0.2, -0.15) is 0 Å². The van der Waals surface area contributed by atoms with E-state index in [-0.39, 0.29) is 0 Å². The molecule has 0 N–H and O–H groups in total. The predicted molar refractivity (Wildman–Crippen MR) is 97.7 cm³/mol. The van der Waals surface area contributed by atoms with E-state index in [1.165, 1.54) is 0 Å². The Morgan fingerprint density at radius 2 is 1.13 bits per heavy atom. The summed E-state index contributed by atoms with van der Waals surface area (Å²) in [6.07, 6.45) is 0. The van der Waals surface area contributed by atoms with E-state index in [2.05, 4.69) is 24.8 Å². The van der Waals surface area contributed by atoms with Gasteiger partial charge in [0.2, 0.25) is 0 Å². The quantitative estimate of drug-likeness (QED) is 0.655. The van der Waals surface area contributed by atoms with E-state index in [0.29, 0.717) is 0 Å². The topological polar surface area (TPSA) is 18.5 Å². The summed E-state index contributed by atoms with van der Waals surface area (Å²) in [5.41, 5.74) is 4.16. The summed E-state index contributed by atoms with van der Waals surface area (Å²) in [7, 11) is 3.37. The second kappa shape index (κ2) is 6.80. The Labute approximate surface area is 142 Å². The van der Waals surface area contributed by atoms with Gasteiger partial charge in [0.1, 0.15) is 11.5 Å². The van der Waals surface area contributed by atoms with Crippen molar-refractivity contribution in [1.29, 1.82) is 0 Å². The fourth-order valence-electron chi connectivity index (χ4n) is 2.77. The summed E-state index contributed by atoms with van der Waals surface area (Å²) >= 11 is 4.68. The number of para-hydroxylation sites is 2. The maximum atomic E-state index is 5.54. The Morgan fingerprint density at radius 3 is 1.78 bits per heavy atom. The zero-order chi connectivity index (χ0) is 16.2. The second-order valence-corrected chi connectivity index (χ2v) is 5.58. The molecule has 3 rings (SSSR count). The fraction of sp³-hybridized carbons (Fsp3) is 0.100. The molecule has 0 fully saturated rings. The van der Waals surface area contributed by atoms with Crippen LogP contribution in [-0.2, 0) is 0 Å². The fourth-order valence-corrected chi connectivity index (χ4v) is 3.09. The summed E-state index contributed by atoms with van der Waals surface area (Å²) in [6, 6.07) is 22.0. The summed E-state index contributed by atoms with van der Waals surface area (Å²) in [6.45, 7) is 0. The number of thiol groups is 1. The molecule has 0 amide bonds. The maximum absolute atomic E-state index is 5.54.